The predicted octanol–water partition coefficient (Wildman–Crippen LogP) is 0.418. The molecule has 2 unspecified atom stereocenters. The van der Waals surface area contributed by atoms with Crippen molar-refractivity contribution in [3.8, 4) is 0 Å². The number of sulfone groups is 3. The van der Waals surface area contributed by atoms with Gasteiger partial charge in [-0.15, -0.1) is 0 Å². The standard InChI is InChI=1S/C10H16O6S3/c1-5-17(11,12)8-10(19(15,16)7-3)9(4)18(13,14)6-2/h5-7,9-10H,1-3,8H2,4H3. The van der Waals surface area contributed by atoms with E-state index in [1.807, 2.05) is 0 Å². The van der Waals surface area contributed by atoms with Crippen LogP contribution in [0.4, 0.5) is 0 Å². The van der Waals surface area contributed by atoms with E-state index in [4.69, 9.17) is 0 Å². The molecule has 0 amide bonds. The molecule has 0 rings (SSSR count). The van der Waals surface area contributed by atoms with Crippen molar-refractivity contribution >= 4 is 29.5 Å². The third-order valence-corrected chi connectivity index (χ3v) is 8.01. The van der Waals surface area contributed by atoms with E-state index in [1.165, 1.54) is 0 Å². The van der Waals surface area contributed by atoms with E-state index in [1.54, 1.807) is 0 Å². The Morgan fingerprint density at radius 3 is 1.58 bits per heavy atom. The molecular formula is C10H16O6S3. The Labute approximate surface area is 114 Å². The molecule has 0 aromatic carbocycles. The zero-order chi connectivity index (χ0) is 15.5. The molecule has 9 heteroatoms. The average Bonchev–Trinajstić information content (AvgIpc) is 2.35. The van der Waals surface area contributed by atoms with Crippen molar-refractivity contribution in [1.82, 2.24) is 0 Å². The third kappa shape index (κ3) is 4.59. The molecule has 110 valence electrons. The highest BCUT2D eigenvalue weighted by atomic mass is 32.2. The Balaban J connectivity index is 5.91. The lowest BCUT2D eigenvalue weighted by Crippen LogP contribution is -2.40. The molecule has 0 aliphatic heterocycles. The Hall–Kier alpha value is -0.930. The fraction of sp³-hybridized carbons (Fsp3) is 0.400. The van der Waals surface area contributed by atoms with Crippen LogP contribution in [-0.4, -0.2) is 41.5 Å². The summed E-state index contributed by atoms with van der Waals surface area (Å²) in [4.78, 5) is 0. The normalized spacial score (nSPS) is 16.3. The summed E-state index contributed by atoms with van der Waals surface area (Å²) in [6.45, 7) is 10.3. The zero-order valence-corrected chi connectivity index (χ0v) is 12.8. The van der Waals surface area contributed by atoms with E-state index in [-0.39, 0.29) is 0 Å². The van der Waals surface area contributed by atoms with E-state index < -0.39 is 45.8 Å². The fourth-order valence-corrected chi connectivity index (χ4v) is 6.15. The molecule has 0 aliphatic rings. The van der Waals surface area contributed by atoms with Gasteiger partial charge in [0, 0.05) is 16.2 Å². The summed E-state index contributed by atoms with van der Waals surface area (Å²) in [5.41, 5.74) is 0. The summed E-state index contributed by atoms with van der Waals surface area (Å²) in [5.74, 6) is -0.876. The van der Waals surface area contributed by atoms with Gasteiger partial charge in [-0.1, -0.05) is 19.7 Å². The van der Waals surface area contributed by atoms with Gasteiger partial charge in [0.15, 0.2) is 29.5 Å². The van der Waals surface area contributed by atoms with Crippen molar-refractivity contribution < 1.29 is 25.3 Å². The highest BCUT2D eigenvalue weighted by Crippen LogP contribution is 2.19. The van der Waals surface area contributed by atoms with Crippen LogP contribution in [-0.2, 0) is 29.5 Å². The molecule has 0 saturated heterocycles. The van der Waals surface area contributed by atoms with Crippen LogP contribution in [0.2, 0.25) is 0 Å². The van der Waals surface area contributed by atoms with Crippen molar-refractivity contribution in [3.05, 3.63) is 36.0 Å². The second-order valence-corrected chi connectivity index (χ2v) is 10.1. The highest BCUT2D eigenvalue weighted by molar-refractivity contribution is 8.00. The summed E-state index contributed by atoms with van der Waals surface area (Å²) in [7, 11) is -11.9. The van der Waals surface area contributed by atoms with Crippen LogP contribution in [0.25, 0.3) is 0 Å². The van der Waals surface area contributed by atoms with Gasteiger partial charge in [-0.3, -0.25) is 0 Å². The van der Waals surface area contributed by atoms with Crippen LogP contribution < -0.4 is 0 Å². The SMILES string of the molecule is C=CS(=O)(=O)CC(C(C)S(=O)(=O)C=C)S(=O)(=O)C=C. The summed E-state index contributed by atoms with van der Waals surface area (Å²) < 4.78 is 69.8. The molecule has 6 nitrogen and oxygen atoms in total. The Morgan fingerprint density at radius 2 is 1.26 bits per heavy atom. The van der Waals surface area contributed by atoms with Crippen LogP contribution in [0.15, 0.2) is 36.0 Å². The minimum atomic E-state index is -4.09. The van der Waals surface area contributed by atoms with Crippen molar-refractivity contribution in [3.63, 3.8) is 0 Å². The summed E-state index contributed by atoms with van der Waals surface area (Å²) in [6, 6.07) is 0. The molecule has 0 spiro atoms. The topological polar surface area (TPSA) is 102 Å². The molecule has 2 atom stereocenters. The lowest BCUT2D eigenvalue weighted by molar-refractivity contribution is 0.567. The van der Waals surface area contributed by atoms with Gasteiger partial charge < -0.3 is 0 Å². The number of rotatable bonds is 8. The van der Waals surface area contributed by atoms with Gasteiger partial charge in [-0.05, 0) is 6.92 Å². The monoisotopic (exact) mass is 328 g/mol. The maximum absolute atomic E-state index is 11.8. The van der Waals surface area contributed by atoms with Crippen LogP contribution >= 0.6 is 0 Å². The minimum absolute atomic E-state index is 0.547. The maximum atomic E-state index is 11.8. The number of hydrogen-bond donors (Lipinski definition) is 0. The van der Waals surface area contributed by atoms with E-state index >= 15 is 0 Å². The Bertz CT molecular complexity index is 667. The van der Waals surface area contributed by atoms with E-state index in [9.17, 15) is 25.3 Å². The molecule has 0 bridgehead atoms. The molecule has 0 aromatic rings. The predicted molar refractivity (Wildman–Crippen MR) is 75.5 cm³/mol. The molecule has 0 fully saturated rings. The molecule has 0 N–H and O–H groups in total. The molecule has 19 heavy (non-hydrogen) atoms. The Morgan fingerprint density at radius 1 is 0.842 bits per heavy atom. The van der Waals surface area contributed by atoms with Gasteiger partial charge in [0.25, 0.3) is 0 Å². The largest absolute Gasteiger partial charge is 0.224 e. The summed E-state index contributed by atoms with van der Waals surface area (Å²) in [5, 5.41) is -1.38. The van der Waals surface area contributed by atoms with Crippen LogP contribution in [0.5, 0.6) is 0 Å². The molecule has 0 saturated carbocycles. The Kier molecular flexibility index (Phi) is 5.72. The van der Waals surface area contributed by atoms with Gasteiger partial charge in [-0.25, -0.2) is 25.3 Å². The fourth-order valence-electron chi connectivity index (χ4n) is 1.28. The lowest BCUT2D eigenvalue weighted by atomic mass is 10.4. The van der Waals surface area contributed by atoms with Gasteiger partial charge >= 0.3 is 0 Å². The van der Waals surface area contributed by atoms with Gasteiger partial charge in [-0.2, -0.15) is 0 Å². The molecule has 0 heterocycles. The minimum Gasteiger partial charge on any atom is -0.224 e. The second-order valence-electron chi connectivity index (χ2n) is 3.75. The zero-order valence-electron chi connectivity index (χ0n) is 10.4. The van der Waals surface area contributed by atoms with Crippen LogP contribution in [0.3, 0.4) is 0 Å². The first-order valence-electron chi connectivity index (χ1n) is 5.01. The average molecular weight is 328 g/mol. The smallest absolute Gasteiger partial charge is 0.176 e. The van der Waals surface area contributed by atoms with Gasteiger partial charge in [0.1, 0.15) is 0 Å². The van der Waals surface area contributed by atoms with E-state index in [0.717, 1.165) is 6.92 Å². The van der Waals surface area contributed by atoms with Gasteiger partial charge in [0.05, 0.1) is 16.3 Å². The summed E-state index contributed by atoms with van der Waals surface area (Å²) in [6.07, 6.45) is 0. The second kappa shape index (κ2) is 6.02. The summed E-state index contributed by atoms with van der Waals surface area (Å²) >= 11 is 0. The molecule has 0 aromatic heterocycles. The quantitative estimate of drug-likeness (QED) is 0.640. The lowest BCUT2D eigenvalue weighted by Gasteiger charge is -2.20. The van der Waals surface area contributed by atoms with Crippen LogP contribution in [0, 0.1) is 0 Å². The molecule has 0 radical (unpaired) electrons. The first-order valence-corrected chi connectivity index (χ1v) is 9.95. The first kappa shape index (κ1) is 18.1. The number of hydrogen-bond acceptors (Lipinski definition) is 6. The van der Waals surface area contributed by atoms with E-state index in [2.05, 4.69) is 19.7 Å². The van der Waals surface area contributed by atoms with Crippen LogP contribution in [0.1, 0.15) is 6.92 Å². The van der Waals surface area contributed by atoms with Gasteiger partial charge in [0.2, 0.25) is 0 Å². The maximum Gasteiger partial charge on any atom is 0.176 e. The van der Waals surface area contributed by atoms with Crippen molar-refractivity contribution in [2.45, 2.75) is 17.4 Å². The molecular weight excluding hydrogens is 312 g/mol. The van der Waals surface area contributed by atoms with E-state index in [0.29, 0.717) is 16.2 Å². The van der Waals surface area contributed by atoms with Crippen molar-refractivity contribution in [2.24, 2.45) is 0 Å². The molecule has 0 aliphatic carbocycles. The van der Waals surface area contributed by atoms with Crippen molar-refractivity contribution in [1.29, 1.82) is 0 Å². The third-order valence-electron chi connectivity index (χ3n) is 2.58. The van der Waals surface area contributed by atoms with Crippen molar-refractivity contribution in [2.75, 3.05) is 5.75 Å². The highest BCUT2D eigenvalue weighted by Gasteiger charge is 2.38. The first-order chi connectivity index (χ1) is 8.43.